The Morgan fingerprint density at radius 1 is 1.22 bits per heavy atom. The van der Waals surface area contributed by atoms with E-state index in [1.165, 1.54) is 6.42 Å². The van der Waals surface area contributed by atoms with Gasteiger partial charge < -0.3 is 10.6 Å². The summed E-state index contributed by atoms with van der Waals surface area (Å²) in [5.41, 5.74) is 5.69. The summed E-state index contributed by atoms with van der Waals surface area (Å²) in [5.74, 6) is 0.904. The number of likely N-dealkylation sites (tertiary alicyclic amines) is 2. The Labute approximate surface area is 110 Å². The lowest BCUT2D eigenvalue weighted by Crippen LogP contribution is -2.50. The van der Waals surface area contributed by atoms with Gasteiger partial charge in [0.05, 0.1) is 6.54 Å². The molecule has 3 unspecified atom stereocenters. The first-order valence-electron chi connectivity index (χ1n) is 7.35. The average molecular weight is 253 g/mol. The van der Waals surface area contributed by atoms with Crippen molar-refractivity contribution in [3.05, 3.63) is 0 Å². The molecule has 2 aliphatic rings. The molecule has 0 saturated carbocycles. The van der Waals surface area contributed by atoms with E-state index in [2.05, 4.69) is 23.6 Å². The minimum Gasteiger partial charge on any atom is -0.336 e. The molecule has 4 nitrogen and oxygen atoms in total. The molecule has 18 heavy (non-hydrogen) atoms. The number of piperidine rings is 1. The molecular formula is C14H27N3O. The minimum atomic E-state index is 0.312. The third kappa shape index (κ3) is 3.04. The molecule has 2 saturated heterocycles. The molecule has 0 spiro atoms. The summed E-state index contributed by atoms with van der Waals surface area (Å²) in [6.45, 7) is 7.73. The van der Waals surface area contributed by atoms with E-state index in [9.17, 15) is 4.79 Å². The summed E-state index contributed by atoms with van der Waals surface area (Å²) in [6.07, 6.45) is 4.71. The summed E-state index contributed by atoms with van der Waals surface area (Å²) >= 11 is 0. The Hall–Kier alpha value is -0.610. The van der Waals surface area contributed by atoms with Gasteiger partial charge in [0.2, 0.25) is 5.91 Å². The first kappa shape index (κ1) is 13.8. The fraction of sp³-hybridized carbons (Fsp3) is 0.929. The maximum atomic E-state index is 12.4. The fourth-order valence-corrected chi connectivity index (χ4v) is 3.43. The van der Waals surface area contributed by atoms with Crippen molar-refractivity contribution >= 4 is 5.91 Å². The van der Waals surface area contributed by atoms with Crippen LogP contribution in [0.2, 0.25) is 0 Å². The summed E-state index contributed by atoms with van der Waals surface area (Å²) in [5, 5.41) is 0. The highest BCUT2D eigenvalue weighted by Gasteiger charge is 2.31. The molecule has 0 aromatic heterocycles. The van der Waals surface area contributed by atoms with Crippen molar-refractivity contribution in [2.75, 3.05) is 26.2 Å². The van der Waals surface area contributed by atoms with Crippen LogP contribution in [-0.4, -0.2) is 54.0 Å². The van der Waals surface area contributed by atoms with Crippen molar-refractivity contribution in [1.82, 2.24) is 9.80 Å². The molecule has 0 aromatic carbocycles. The maximum absolute atomic E-state index is 12.4. The van der Waals surface area contributed by atoms with Gasteiger partial charge in [-0.15, -0.1) is 0 Å². The van der Waals surface area contributed by atoms with E-state index >= 15 is 0 Å². The van der Waals surface area contributed by atoms with Gasteiger partial charge in [-0.05, 0) is 58.5 Å². The molecule has 0 aliphatic carbocycles. The number of amides is 1. The van der Waals surface area contributed by atoms with Crippen LogP contribution in [0, 0.1) is 5.92 Å². The summed E-state index contributed by atoms with van der Waals surface area (Å²) in [4.78, 5) is 16.8. The zero-order valence-corrected chi connectivity index (χ0v) is 11.8. The molecule has 2 aliphatic heterocycles. The molecular weight excluding hydrogens is 226 g/mol. The van der Waals surface area contributed by atoms with Crippen LogP contribution < -0.4 is 5.73 Å². The van der Waals surface area contributed by atoms with Gasteiger partial charge >= 0.3 is 0 Å². The molecule has 0 bridgehead atoms. The average Bonchev–Trinajstić information content (AvgIpc) is 2.76. The maximum Gasteiger partial charge on any atom is 0.237 e. The summed E-state index contributed by atoms with van der Waals surface area (Å²) < 4.78 is 0. The molecule has 1 amide bonds. The van der Waals surface area contributed by atoms with E-state index in [1.807, 2.05) is 0 Å². The van der Waals surface area contributed by atoms with Crippen molar-refractivity contribution in [3.63, 3.8) is 0 Å². The van der Waals surface area contributed by atoms with Crippen molar-refractivity contribution in [2.45, 2.75) is 51.6 Å². The zero-order chi connectivity index (χ0) is 13.1. The van der Waals surface area contributed by atoms with E-state index in [0.29, 0.717) is 30.5 Å². The number of rotatable bonds is 3. The second-order valence-electron chi connectivity index (χ2n) is 6.06. The number of nitrogens with zero attached hydrogens (tertiary/aromatic N) is 2. The van der Waals surface area contributed by atoms with Gasteiger partial charge in [0.25, 0.3) is 0 Å². The lowest BCUT2D eigenvalue weighted by Gasteiger charge is -2.39. The van der Waals surface area contributed by atoms with Crippen molar-refractivity contribution in [3.8, 4) is 0 Å². The standard InChI is InChI=1S/C14H27N3O/c1-11-4-3-5-12(2)17(11)14(18)10-16-7-6-13(8-15)9-16/h11-13H,3-10,15H2,1-2H3. The van der Waals surface area contributed by atoms with Crippen LogP contribution in [0.5, 0.6) is 0 Å². The predicted molar refractivity (Wildman–Crippen MR) is 73.2 cm³/mol. The molecule has 2 rings (SSSR count). The van der Waals surface area contributed by atoms with E-state index in [0.717, 1.165) is 38.9 Å². The van der Waals surface area contributed by atoms with Crippen LogP contribution in [0.25, 0.3) is 0 Å². The van der Waals surface area contributed by atoms with Crippen molar-refractivity contribution < 1.29 is 4.79 Å². The van der Waals surface area contributed by atoms with Gasteiger partial charge in [-0.3, -0.25) is 9.69 Å². The SMILES string of the molecule is CC1CCCC(C)N1C(=O)CN1CCC(CN)C1. The van der Waals surface area contributed by atoms with Gasteiger partial charge in [-0.1, -0.05) is 0 Å². The van der Waals surface area contributed by atoms with Crippen LogP contribution in [0.3, 0.4) is 0 Å². The van der Waals surface area contributed by atoms with Gasteiger partial charge in [-0.25, -0.2) is 0 Å². The van der Waals surface area contributed by atoms with Crippen LogP contribution in [0.4, 0.5) is 0 Å². The van der Waals surface area contributed by atoms with Crippen LogP contribution >= 0.6 is 0 Å². The lowest BCUT2D eigenvalue weighted by molar-refractivity contribution is -0.138. The molecule has 2 heterocycles. The van der Waals surface area contributed by atoms with Gasteiger partial charge in [0, 0.05) is 18.6 Å². The third-order valence-electron chi connectivity index (χ3n) is 4.54. The molecule has 104 valence electrons. The first-order valence-corrected chi connectivity index (χ1v) is 7.35. The second kappa shape index (κ2) is 6.02. The van der Waals surface area contributed by atoms with E-state index in [4.69, 9.17) is 5.73 Å². The Balaban J connectivity index is 1.87. The Bertz CT molecular complexity index is 285. The Morgan fingerprint density at radius 3 is 2.44 bits per heavy atom. The van der Waals surface area contributed by atoms with E-state index in [1.54, 1.807) is 0 Å². The number of hydrogen-bond donors (Lipinski definition) is 1. The van der Waals surface area contributed by atoms with Gasteiger partial charge in [-0.2, -0.15) is 0 Å². The highest BCUT2D eigenvalue weighted by molar-refractivity contribution is 5.79. The summed E-state index contributed by atoms with van der Waals surface area (Å²) in [7, 11) is 0. The number of carbonyl (C=O) groups is 1. The van der Waals surface area contributed by atoms with E-state index in [-0.39, 0.29) is 0 Å². The van der Waals surface area contributed by atoms with Crippen molar-refractivity contribution in [1.29, 1.82) is 0 Å². The topological polar surface area (TPSA) is 49.6 Å². The molecule has 2 fully saturated rings. The monoisotopic (exact) mass is 253 g/mol. The second-order valence-corrected chi connectivity index (χ2v) is 6.06. The molecule has 4 heteroatoms. The molecule has 3 atom stereocenters. The molecule has 0 aromatic rings. The third-order valence-corrected chi connectivity index (χ3v) is 4.54. The van der Waals surface area contributed by atoms with Crippen LogP contribution in [-0.2, 0) is 4.79 Å². The minimum absolute atomic E-state index is 0.312. The highest BCUT2D eigenvalue weighted by Crippen LogP contribution is 2.23. The molecule has 2 N–H and O–H groups in total. The van der Waals surface area contributed by atoms with Gasteiger partial charge in [0.15, 0.2) is 0 Å². The number of hydrogen-bond acceptors (Lipinski definition) is 3. The van der Waals surface area contributed by atoms with E-state index < -0.39 is 0 Å². The number of nitrogens with two attached hydrogens (primary N) is 1. The van der Waals surface area contributed by atoms with Crippen LogP contribution in [0.1, 0.15) is 39.5 Å². The predicted octanol–water partition coefficient (Wildman–Crippen LogP) is 1.06. The van der Waals surface area contributed by atoms with Gasteiger partial charge in [0.1, 0.15) is 0 Å². The van der Waals surface area contributed by atoms with Crippen molar-refractivity contribution in [2.24, 2.45) is 11.7 Å². The lowest BCUT2D eigenvalue weighted by atomic mass is 9.97. The largest absolute Gasteiger partial charge is 0.336 e. The smallest absolute Gasteiger partial charge is 0.237 e. The Kier molecular flexibility index (Phi) is 4.62. The fourth-order valence-electron chi connectivity index (χ4n) is 3.43. The Morgan fingerprint density at radius 2 is 1.89 bits per heavy atom. The quantitative estimate of drug-likeness (QED) is 0.818. The van der Waals surface area contributed by atoms with Crippen LogP contribution in [0.15, 0.2) is 0 Å². The summed E-state index contributed by atoms with van der Waals surface area (Å²) in [6, 6.07) is 0.823. The zero-order valence-electron chi connectivity index (χ0n) is 11.8. The number of carbonyl (C=O) groups excluding carboxylic acids is 1. The first-order chi connectivity index (χ1) is 8.61. The highest BCUT2D eigenvalue weighted by atomic mass is 16.2. The normalized spacial score (nSPS) is 33.9. The molecule has 0 radical (unpaired) electrons.